The predicted octanol–water partition coefficient (Wildman–Crippen LogP) is 1.58. The molecular weight excluding hydrogens is 294 g/mol. The number of rotatable bonds is 4. The Balaban J connectivity index is 1.73. The van der Waals surface area contributed by atoms with Gasteiger partial charge >= 0.3 is 0 Å². The molecule has 1 unspecified atom stereocenters. The van der Waals surface area contributed by atoms with Crippen LogP contribution >= 0.6 is 0 Å². The number of ether oxygens (including phenoxy) is 2. The first-order valence-electron chi connectivity index (χ1n) is 7.29. The molecule has 0 amide bonds. The van der Waals surface area contributed by atoms with Crippen molar-refractivity contribution in [1.29, 1.82) is 0 Å². The first kappa shape index (κ1) is 15.3. The van der Waals surface area contributed by atoms with Gasteiger partial charge in [0.2, 0.25) is 0 Å². The van der Waals surface area contributed by atoms with E-state index in [1.807, 2.05) is 20.8 Å². The van der Waals surface area contributed by atoms with E-state index in [9.17, 15) is 8.42 Å². The summed E-state index contributed by atoms with van der Waals surface area (Å²) in [4.78, 5) is 2.18. The summed E-state index contributed by atoms with van der Waals surface area (Å²) >= 11 is 0. The van der Waals surface area contributed by atoms with Gasteiger partial charge in [0.05, 0.1) is 18.0 Å². The van der Waals surface area contributed by atoms with Crippen LogP contribution < -0.4 is 0 Å². The summed E-state index contributed by atoms with van der Waals surface area (Å²) in [5, 5.41) is 0. The SMILES string of the molecule is CC(C)(C)OC1(N2C3=CC[C@@H]2C[C@H](OS(C)(=O)=O)C3)CO1. The number of epoxide rings is 1. The summed E-state index contributed by atoms with van der Waals surface area (Å²) in [5.41, 5.74) is 0.776. The normalized spacial score (nSPS) is 35.8. The molecule has 0 aromatic heterocycles. The van der Waals surface area contributed by atoms with E-state index in [4.69, 9.17) is 13.7 Å². The lowest BCUT2D eigenvalue weighted by molar-refractivity contribution is -0.208. The van der Waals surface area contributed by atoms with Crippen LogP contribution in [0.3, 0.4) is 0 Å². The second-order valence-electron chi connectivity index (χ2n) is 7.03. The first-order valence-corrected chi connectivity index (χ1v) is 9.10. The molecule has 0 aromatic rings. The smallest absolute Gasteiger partial charge is 0.277 e. The lowest BCUT2D eigenvalue weighted by atomic mass is 10.0. The van der Waals surface area contributed by atoms with Crippen LogP contribution in [0.15, 0.2) is 11.8 Å². The zero-order valence-corrected chi connectivity index (χ0v) is 13.8. The molecule has 0 aliphatic carbocycles. The summed E-state index contributed by atoms with van der Waals surface area (Å²) in [7, 11) is -3.42. The number of fused-ring (bicyclic) bond motifs is 2. The number of hydrogen-bond acceptors (Lipinski definition) is 6. The first-order chi connectivity index (χ1) is 9.58. The molecule has 120 valence electrons. The Morgan fingerprint density at radius 3 is 2.57 bits per heavy atom. The van der Waals surface area contributed by atoms with E-state index in [0.717, 1.165) is 18.4 Å². The van der Waals surface area contributed by atoms with Crippen molar-refractivity contribution in [2.24, 2.45) is 0 Å². The molecule has 21 heavy (non-hydrogen) atoms. The van der Waals surface area contributed by atoms with Crippen molar-refractivity contribution >= 4 is 10.1 Å². The van der Waals surface area contributed by atoms with Crippen molar-refractivity contribution in [2.75, 3.05) is 12.9 Å². The average Bonchev–Trinajstić information content (AvgIpc) is 2.95. The summed E-state index contributed by atoms with van der Waals surface area (Å²) in [6, 6.07) is 0.186. The maximum absolute atomic E-state index is 11.3. The Bertz CT molecular complexity index is 558. The highest BCUT2D eigenvalue weighted by molar-refractivity contribution is 7.86. The summed E-state index contributed by atoms with van der Waals surface area (Å²) < 4.78 is 39.5. The van der Waals surface area contributed by atoms with Crippen LogP contribution in [-0.4, -0.2) is 49.8 Å². The molecular formula is C14H23NO5S. The fourth-order valence-electron chi connectivity index (χ4n) is 3.32. The third-order valence-electron chi connectivity index (χ3n) is 3.81. The minimum Gasteiger partial charge on any atom is -0.325 e. The van der Waals surface area contributed by atoms with E-state index in [1.54, 1.807) is 0 Å². The second kappa shape index (κ2) is 4.68. The molecule has 3 aliphatic heterocycles. The van der Waals surface area contributed by atoms with Gasteiger partial charge in [-0.05, 0) is 33.6 Å². The van der Waals surface area contributed by atoms with Crippen LogP contribution in [0.4, 0.5) is 0 Å². The van der Waals surface area contributed by atoms with Crippen molar-refractivity contribution in [2.45, 2.75) is 63.7 Å². The average molecular weight is 317 g/mol. The van der Waals surface area contributed by atoms with E-state index >= 15 is 0 Å². The molecule has 3 rings (SSSR count). The van der Waals surface area contributed by atoms with E-state index < -0.39 is 16.0 Å². The van der Waals surface area contributed by atoms with Gasteiger partial charge in [-0.2, -0.15) is 8.42 Å². The minimum absolute atomic E-state index is 0.186. The highest BCUT2D eigenvalue weighted by atomic mass is 32.2. The van der Waals surface area contributed by atoms with Gasteiger partial charge in [0.25, 0.3) is 16.0 Å². The van der Waals surface area contributed by atoms with Crippen molar-refractivity contribution < 1.29 is 22.1 Å². The summed E-state index contributed by atoms with van der Waals surface area (Å²) in [6.07, 6.45) is 5.11. The quantitative estimate of drug-likeness (QED) is 0.579. The van der Waals surface area contributed by atoms with Crippen molar-refractivity contribution in [3.8, 4) is 0 Å². The highest BCUT2D eigenvalue weighted by Crippen LogP contribution is 2.48. The van der Waals surface area contributed by atoms with Crippen molar-refractivity contribution in [1.82, 2.24) is 4.90 Å². The van der Waals surface area contributed by atoms with E-state index in [1.165, 1.54) is 0 Å². The van der Waals surface area contributed by atoms with Gasteiger partial charge in [-0.25, -0.2) is 0 Å². The predicted molar refractivity (Wildman–Crippen MR) is 76.8 cm³/mol. The minimum atomic E-state index is -3.42. The standard InChI is InChI=1S/C14H23NO5S/c1-13(2,3)20-14(9-18-14)15-10-5-6-11(15)8-12(7-10)19-21(4,16)17/h5,11-12H,6-9H2,1-4H3/t11-,12-,14?/m1/s1. The summed E-state index contributed by atoms with van der Waals surface area (Å²) in [5.74, 6) is -0.665. The topological polar surface area (TPSA) is 68.4 Å². The van der Waals surface area contributed by atoms with E-state index in [2.05, 4.69) is 11.0 Å². The van der Waals surface area contributed by atoms with Gasteiger partial charge in [-0.3, -0.25) is 4.18 Å². The molecule has 2 bridgehead atoms. The maximum Gasteiger partial charge on any atom is 0.277 e. The molecule has 0 N–H and O–H groups in total. The van der Waals surface area contributed by atoms with Crippen LogP contribution in [0.2, 0.25) is 0 Å². The van der Waals surface area contributed by atoms with Crippen molar-refractivity contribution in [3.63, 3.8) is 0 Å². The lowest BCUT2D eigenvalue weighted by Gasteiger charge is -2.42. The Hall–Kier alpha value is -0.630. The molecule has 3 heterocycles. The van der Waals surface area contributed by atoms with E-state index in [-0.39, 0.29) is 17.7 Å². The lowest BCUT2D eigenvalue weighted by Crippen LogP contribution is -2.51. The number of nitrogens with zero attached hydrogens (tertiary/aromatic N) is 1. The highest BCUT2D eigenvalue weighted by Gasteiger charge is 2.59. The fraction of sp³-hybridized carbons (Fsp3) is 0.857. The molecule has 2 fully saturated rings. The third-order valence-corrected chi connectivity index (χ3v) is 4.43. The maximum atomic E-state index is 11.3. The van der Waals surface area contributed by atoms with Gasteiger partial charge in [0.1, 0.15) is 6.61 Å². The molecule has 0 spiro atoms. The largest absolute Gasteiger partial charge is 0.325 e. The Morgan fingerprint density at radius 1 is 1.43 bits per heavy atom. The molecule has 0 saturated carbocycles. The van der Waals surface area contributed by atoms with Crippen LogP contribution in [0.25, 0.3) is 0 Å². The molecule has 3 atom stereocenters. The zero-order valence-electron chi connectivity index (χ0n) is 13.0. The van der Waals surface area contributed by atoms with E-state index in [0.29, 0.717) is 19.4 Å². The van der Waals surface area contributed by atoms with Crippen LogP contribution in [0.5, 0.6) is 0 Å². The van der Waals surface area contributed by atoms with Gasteiger partial charge in [-0.1, -0.05) is 6.08 Å². The Morgan fingerprint density at radius 2 is 2.10 bits per heavy atom. The molecule has 2 saturated heterocycles. The van der Waals surface area contributed by atoms with Gasteiger partial charge in [-0.15, -0.1) is 0 Å². The van der Waals surface area contributed by atoms with Gasteiger partial charge in [0.15, 0.2) is 0 Å². The Labute approximate surface area is 126 Å². The van der Waals surface area contributed by atoms with Crippen molar-refractivity contribution in [3.05, 3.63) is 11.8 Å². The second-order valence-corrected chi connectivity index (χ2v) is 8.63. The molecule has 0 radical (unpaired) electrons. The fourth-order valence-corrected chi connectivity index (χ4v) is 3.96. The zero-order chi connectivity index (χ0) is 15.5. The van der Waals surface area contributed by atoms with Crippen LogP contribution in [0.1, 0.15) is 40.0 Å². The summed E-state index contributed by atoms with van der Waals surface area (Å²) in [6.45, 7) is 6.57. The molecule has 0 aromatic carbocycles. The molecule has 6 nitrogen and oxygen atoms in total. The molecule has 7 heteroatoms. The Kier molecular flexibility index (Phi) is 3.40. The van der Waals surface area contributed by atoms with Crippen LogP contribution in [-0.2, 0) is 23.8 Å². The monoisotopic (exact) mass is 317 g/mol. The third kappa shape index (κ3) is 3.26. The molecule has 3 aliphatic rings. The number of hydrogen-bond donors (Lipinski definition) is 0. The van der Waals surface area contributed by atoms with Crippen LogP contribution in [0, 0.1) is 0 Å². The van der Waals surface area contributed by atoms with Gasteiger partial charge < -0.3 is 14.4 Å². The van der Waals surface area contributed by atoms with Gasteiger partial charge in [0, 0.05) is 18.2 Å². The number of piperidine rings is 1.